The van der Waals surface area contributed by atoms with Crippen LogP contribution in [-0.2, 0) is 4.79 Å². The van der Waals surface area contributed by atoms with Crippen molar-refractivity contribution in [3.05, 3.63) is 102 Å². The molecule has 0 aromatic heterocycles. The Hall–Kier alpha value is -3.14. The second-order valence-corrected chi connectivity index (χ2v) is 5.68. The summed E-state index contributed by atoms with van der Waals surface area (Å²) in [5.41, 5.74) is 2.74. The zero-order chi connectivity index (χ0) is 17.5. The molecule has 126 valence electrons. The van der Waals surface area contributed by atoms with Crippen LogP contribution in [-0.4, -0.2) is 12.5 Å². The zero-order valence-corrected chi connectivity index (χ0v) is 13.7. The molecule has 3 nitrogen and oxygen atoms in total. The number of carbonyl (C=O) groups is 1. The highest BCUT2D eigenvalue weighted by Crippen LogP contribution is 2.21. The van der Waals surface area contributed by atoms with E-state index in [1.54, 1.807) is 12.1 Å². The Morgan fingerprint density at radius 3 is 1.84 bits per heavy atom. The summed E-state index contributed by atoms with van der Waals surface area (Å²) in [6, 6.07) is 25.4. The average molecular weight is 334 g/mol. The Labute approximate surface area is 146 Å². The molecule has 0 heterocycles. The van der Waals surface area contributed by atoms with Gasteiger partial charge in [0.15, 0.2) is 0 Å². The van der Waals surface area contributed by atoms with Crippen molar-refractivity contribution in [3.8, 4) is 0 Å². The van der Waals surface area contributed by atoms with Gasteiger partial charge in [0.2, 0.25) is 5.91 Å². The van der Waals surface area contributed by atoms with Crippen LogP contribution >= 0.6 is 0 Å². The average Bonchev–Trinajstić information content (AvgIpc) is 2.67. The van der Waals surface area contributed by atoms with Gasteiger partial charge in [-0.2, -0.15) is 0 Å². The molecule has 0 spiro atoms. The topological polar surface area (TPSA) is 41.1 Å². The molecule has 4 heteroatoms. The van der Waals surface area contributed by atoms with Crippen LogP contribution in [0.2, 0.25) is 0 Å². The van der Waals surface area contributed by atoms with E-state index >= 15 is 0 Å². The second kappa shape index (κ2) is 8.11. The fourth-order valence-corrected chi connectivity index (χ4v) is 2.61. The van der Waals surface area contributed by atoms with Crippen molar-refractivity contribution >= 4 is 11.6 Å². The molecular weight excluding hydrogens is 315 g/mol. The van der Waals surface area contributed by atoms with E-state index < -0.39 is 0 Å². The molecule has 3 aromatic carbocycles. The number of anilines is 1. The zero-order valence-electron chi connectivity index (χ0n) is 13.7. The third-order valence-corrected chi connectivity index (χ3v) is 3.87. The van der Waals surface area contributed by atoms with Gasteiger partial charge in [0.1, 0.15) is 5.82 Å². The monoisotopic (exact) mass is 334 g/mol. The van der Waals surface area contributed by atoms with Crippen molar-refractivity contribution in [2.24, 2.45) is 0 Å². The van der Waals surface area contributed by atoms with E-state index in [-0.39, 0.29) is 24.3 Å². The van der Waals surface area contributed by atoms with Crippen LogP contribution in [0.25, 0.3) is 0 Å². The number of rotatable bonds is 6. The number of carbonyl (C=O) groups excluding carboxylic acids is 1. The van der Waals surface area contributed by atoms with Crippen LogP contribution < -0.4 is 10.6 Å². The molecule has 0 atom stereocenters. The number of halogens is 1. The smallest absolute Gasteiger partial charge is 0.240 e. The first-order chi connectivity index (χ1) is 12.2. The highest BCUT2D eigenvalue weighted by molar-refractivity contribution is 5.81. The maximum absolute atomic E-state index is 12.9. The van der Waals surface area contributed by atoms with Crippen molar-refractivity contribution in [1.29, 1.82) is 0 Å². The van der Waals surface area contributed by atoms with E-state index in [1.807, 2.05) is 60.7 Å². The van der Waals surface area contributed by atoms with Crippen molar-refractivity contribution in [2.45, 2.75) is 6.04 Å². The van der Waals surface area contributed by atoms with E-state index in [9.17, 15) is 9.18 Å². The molecule has 2 N–H and O–H groups in total. The van der Waals surface area contributed by atoms with Crippen molar-refractivity contribution in [2.75, 3.05) is 11.9 Å². The van der Waals surface area contributed by atoms with Gasteiger partial charge < -0.3 is 10.6 Å². The number of amides is 1. The van der Waals surface area contributed by atoms with Gasteiger partial charge in [0.05, 0.1) is 12.6 Å². The van der Waals surface area contributed by atoms with Crippen molar-refractivity contribution in [1.82, 2.24) is 5.32 Å². The van der Waals surface area contributed by atoms with Crippen LogP contribution in [0.5, 0.6) is 0 Å². The molecule has 0 aliphatic heterocycles. The fourth-order valence-electron chi connectivity index (χ4n) is 2.61. The first kappa shape index (κ1) is 16.7. The van der Waals surface area contributed by atoms with Gasteiger partial charge in [-0.15, -0.1) is 0 Å². The number of hydrogen-bond acceptors (Lipinski definition) is 2. The summed E-state index contributed by atoms with van der Waals surface area (Å²) in [4.78, 5) is 12.4. The van der Waals surface area contributed by atoms with Crippen molar-refractivity contribution in [3.63, 3.8) is 0 Å². The van der Waals surface area contributed by atoms with Gasteiger partial charge in [-0.1, -0.05) is 60.7 Å². The molecule has 3 rings (SSSR count). The van der Waals surface area contributed by atoms with E-state index in [4.69, 9.17) is 0 Å². The molecule has 0 aliphatic rings. The molecule has 25 heavy (non-hydrogen) atoms. The SMILES string of the molecule is O=C(CNc1ccc(F)cc1)NC(c1ccccc1)c1ccccc1. The largest absolute Gasteiger partial charge is 0.376 e. The highest BCUT2D eigenvalue weighted by Gasteiger charge is 2.16. The minimum atomic E-state index is -0.303. The van der Waals surface area contributed by atoms with Crippen LogP contribution in [0.1, 0.15) is 17.2 Å². The summed E-state index contributed by atoms with van der Waals surface area (Å²) in [6.07, 6.45) is 0. The van der Waals surface area contributed by atoms with E-state index in [0.29, 0.717) is 5.69 Å². The lowest BCUT2D eigenvalue weighted by molar-refractivity contribution is -0.119. The van der Waals surface area contributed by atoms with Crippen molar-refractivity contribution < 1.29 is 9.18 Å². The van der Waals surface area contributed by atoms with Crippen LogP contribution in [0.4, 0.5) is 10.1 Å². The molecule has 0 fully saturated rings. The lowest BCUT2D eigenvalue weighted by atomic mass is 9.99. The van der Waals surface area contributed by atoms with Gasteiger partial charge >= 0.3 is 0 Å². The lowest BCUT2D eigenvalue weighted by Gasteiger charge is -2.20. The molecule has 0 bridgehead atoms. The standard InChI is InChI=1S/C21H19FN2O/c22-18-11-13-19(14-12-18)23-15-20(25)24-21(16-7-3-1-4-8-16)17-9-5-2-6-10-17/h1-14,21,23H,15H2,(H,24,25). The highest BCUT2D eigenvalue weighted by atomic mass is 19.1. The molecule has 3 aromatic rings. The predicted octanol–water partition coefficient (Wildman–Crippen LogP) is 4.14. The molecule has 1 amide bonds. The summed E-state index contributed by atoms with van der Waals surface area (Å²) in [7, 11) is 0. The van der Waals surface area contributed by atoms with Gasteiger partial charge in [-0.05, 0) is 35.4 Å². The molecule has 0 radical (unpaired) electrons. The van der Waals surface area contributed by atoms with Gasteiger partial charge in [0.25, 0.3) is 0 Å². The predicted molar refractivity (Wildman–Crippen MR) is 97.8 cm³/mol. The molecule has 0 aliphatic carbocycles. The maximum atomic E-state index is 12.9. The lowest BCUT2D eigenvalue weighted by Crippen LogP contribution is -2.33. The Kier molecular flexibility index (Phi) is 5.42. The van der Waals surface area contributed by atoms with Crippen LogP contribution in [0, 0.1) is 5.82 Å². The summed E-state index contributed by atoms with van der Waals surface area (Å²) in [6.45, 7) is 0.113. The maximum Gasteiger partial charge on any atom is 0.240 e. The molecule has 0 saturated heterocycles. The van der Waals surface area contributed by atoms with Gasteiger partial charge in [0, 0.05) is 5.69 Å². The normalized spacial score (nSPS) is 10.5. The fraction of sp³-hybridized carbons (Fsp3) is 0.0952. The minimum Gasteiger partial charge on any atom is -0.376 e. The Balaban J connectivity index is 1.69. The van der Waals surface area contributed by atoms with Crippen LogP contribution in [0.15, 0.2) is 84.9 Å². The van der Waals surface area contributed by atoms with Crippen LogP contribution in [0.3, 0.4) is 0 Å². The molecular formula is C21H19FN2O. The number of benzene rings is 3. The second-order valence-electron chi connectivity index (χ2n) is 5.68. The first-order valence-corrected chi connectivity index (χ1v) is 8.11. The van der Waals surface area contributed by atoms with Gasteiger partial charge in [-0.3, -0.25) is 4.79 Å². The first-order valence-electron chi connectivity index (χ1n) is 8.11. The summed E-state index contributed by atoms with van der Waals surface area (Å²) in [5.74, 6) is -0.440. The summed E-state index contributed by atoms with van der Waals surface area (Å²) < 4.78 is 12.9. The third kappa shape index (κ3) is 4.67. The summed E-state index contributed by atoms with van der Waals surface area (Å²) >= 11 is 0. The van der Waals surface area contributed by atoms with Gasteiger partial charge in [-0.25, -0.2) is 4.39 Å². The summed E-state index contributed by atoms with van der Waals surface area (Å²) in [5, 5.41) is 6.06. The number of hydrogen-bond donors (Lipinski definition) is 2. The Morgan fingerprint density at radius 1 is 0.800 bits per heavy atom. The Morgan fingerprint density at radius 2 is 1.32 bits per heavy atom. The minimum absolute atomic E-state index is 0.113. The Bertz CT molecular complexity index is 765. The third-order valence-electron chi connectivity index (χ3n) is 3.87. The van der Waals surface area contributed by atoms with E-state index in [1.165, 1.54) is 12.1 Å². The molecule has 0 saturated carbocycles. The quantitative estimate of drug-likeness (QED) is 0.711. The van der Waals surface area contributed by atoms with E-state index in [0.717, 1.165) is 11.1 Å². The van der Waals surface area contributed by atoms with E-state index in [2.05, 4.69) is 10.6 Å². The molecule has 0 unspecified atom stereocenters. The number of nitrogens with one attached hydrogen (secondary N) is 2.